The first kappa shape index (κ1) is 19.0. The van der Waals surface area contributed by atoms with E-state index in [1.54, 1.807) is 13.2 Å². The van der Waals surface area contributed by atoms with Crippen LogP contribution in [-0.4, -0.2) is 53.7 Å². The summed E-state index contributed by atoms with van der Waals surface area (Å²) < 4.78 is 5.32. The maximum absolute atomic E-state index is 11.9. The van der Waals surface area contributed by atoms with Crippen molar-refractivity contribution >= 4 is 12.1 Å². The van der Waals surface area contributed by atoms with E-state index in [1.165, 1.54) is 0 Å². The van der Waals surface area contributed by atoms with Gasteiger partial charge in [0.25, 0.3) is 0 Å². The average Bonchev–Trinajstić information content (AvgIpc) is 2.96. The summed E-state index contributed by atoms with van der Waals surface area (Å²) in [5.41, 5.74) is 1.67. The molecular weight excluding hydrogens is 318 g/mol. The first-order chi connectivity index (χ1) is 11.8. The third kappa shape index (κ3) is 5.92. The highest BCUT2D eigenvalue weighted by Gasteiger charge is 2.27. The van der Waals surface area contributed by atoms with Gasteiger partial charge in [-0.05, 0) is 45.7 Å². The minimum Gasteiger partial charge on any atom is -0.444 e. The molecule has 1 aliphatic heterocycles. The lowest BCUT2D eigenvalue weighted by Crippen LogP contribution is -2.44. The SMILES string of the molecule is CN=C(NCc1ncccc1C)N1CCC(NC(=O)OC(C)(C)C)C1. The Balaban J connectivity index is 1.85. The van der Waals surface area contributed by atoms with Crippen molar-refractivity contribution in [2.24, 2.45) is 4.99 Å². The molecule has 2 N–H and O–H groups in total. The number of carbonyl (C=O) groups excluding carboxylic acids is 1. The molecule has 7 heteroatoms. The van der Waals surface area contributed by atoms with Gasteiger partial charge in [0.15, 0.2) is 5.96 Å². The molecule has 0 spiro atoms. The Hall–Kier alpha value is -2.31. The highest BCUT2D eigenvalue weighted by atomic mass is 16.6. The average molecular weight is 347 g/mol. The number of aryl methyl sites for hydroxylation is 1. The Bertz CT molecular complexity index is 624. The summed E-state index contributed by atoms with van der Waals surface area (Å²) in [4.78, 5) is 22.8. The lowest BCUT2D eigenvalue weighted by Gasteiger charge is -2.23. The smallest absolute Gasteiger partial charge is 0.407 e. The fourth-order valence-electron chi connectivity index (χ4n) is 2.74. The number of alkyl carbamates (subject to hydrolysis) is 1. The van der Waals surface area contributed by atoms with Crippen molar-refractivity contribution in [2.45, 2.75) is 52.3 Å². The highest BCUT2D eigenvalue weighted by Crippen LogP contribution is 2.12. The summed E-state index contributed by atoms with van der Waals surface area (Å²) in [5, 5.41) is 6.28. The zero-order valence-corrected chi connectivity index (χ0v) is 15.8. The molecular formula is C18H29N5O2. The van der Waals surface area contributed by atoms with Gasteiger partial charge >= 0.3 is 6.09 Å². The van der Waals surface area contributed by atoms with Gasteiger partial charge in [-0.1, -0.05) is 6.07 Å². The van der Waals surface area contributed by atoms with Crippen LogP contribution in [0.4, 0.5) is 4.79 Å². The molecule has 1 atom stereocenters. The molecule has 1 fully saturated rings. The number of likely N-dealkylation sites (tertiary alicyclic amines) is 1. The van der Waals surface area contributed by atoms with Gasteiger partial charge < -0.3 is 20.3 Å². The number of nitrogens with one attached hydrogen (secondary N) is 2. The van der Waals surface area contributed by atoms with Crippen LogP contribution in [0.5, 0.6) is 0 Å². The zero-order valence-electron chi connectivity index (χ0n) is 15.8. The van der Waals surface area contributed by atoms with Gasteiger partial charge in [-0.3, -0.25) is 9.98 Å². The van der Waals surface area contributed by atoms with E-state index < -0.39 is 5.60 Å². The van der Waals surface area contributed by atoms with Crippen molar-refractivity contribution in [3.05, 3.63) is 29.6 Å². The minimum atomic E-state index is -0.486. The van der Waals surface area contributed by atoms with Crippen molar-refractivity contribution in [1.29, 1.82) is 0 Å². The lowest BCUT2D eigenvalue weighted by molar-refractivity contribution is 0.0507. The first-order valence-electron chi connectivity index (χ1n) is 8.64. The van der Waals surface area contributed by atoms with Crippen molar-refractivity contribution in [1.82, 2.24) is 20.5 Å². The molecule has 1 saturated heterocycles. The number of hydrogen-bond acceptors (Lipinski definition) is 4. The fourth-order valence-corrected chi connectivity index (χ4v) is 2.74. The molecule has 2 rings (SSSR count). The number of pyridine rings is 1. The van der Waals surface area contributed by atoms with Crippen LogP contribution in [-0.2, 0) is 11.3 Å². The lowest BCUT2D eigenvalue weighted by atomic mass is 10.2. The van der Waals surface area contributed by atoms with Crippen molar-refractivity contribution < 1.29 is 9.53 Å². The first-order valence-corrected chi connectivity index (χ1v) is 8.64. The molecule has 1 aliphatic rings. The number of amides is 1. The number of guanidine groups is 1. The minimum absolute atomic E-state index is 0.0602. The van der Waals surface area contributed by atoms with Gasteiger partial charge in [0.05, 0.1) is 18.3 Å². The van der Waals surface area contributed by atoms with E-state index in [1.807, 2.05) is 39.8 Å². The second-order valence-corrected chi connectivity index (χ2v) is 7.25. The predicted octanol–water partition coefficient (Wildman–Crippen LogP) is 2.06. The van der Waals surface area contributed by atoms with Crippen LogP contribution in [0.25, 0.3) is 0 Å². The topological polar surface area (TPSA) is 78.9 Å². The Labute approximate surface area is 149 Å². The van der Waals surface area contributed by atoms with Gasteiger partial charge in [-0.15, -0.1) is 0 Å². The number of ether oxygens (including phenoxy) is 1. The molecule has 1 amide bonds. The van der Waals surface area contributed by atoms with E-state index in [9.17, 15) is 4.79 Å². The highest BCUT2D eigenvalue weighted by molar-refractivity contribution is 5.80. The van der Waals surface area contributed by atoms with Crippen LogP contribution in [0.3, 0.4) is 0 Å². The number of aliphatic imine (C=N–C) groups is 1. The number of hydrogen-bond donors (Lipinski definition) is 2. The summed E-state index contributed by atoms with van der Waals surface area (Å²) >= 11 is 0. The van der Waals surface area contributed by atoms with E-state index in [0.717, 1.165) is 30.2 Å². The van der Waals surface area contributed by atoms with Crippen LogP contribution >= 0.6 is 0 Å². The van der Waals surface area contributed by atoms with Gasteiger partial charge in [-0.2, -0.15) is 0 Å². The monoisotopic (exact) mass is 347 g/mol. The van der Waals surface area contributed by atoms with Gasteiger partial charge in [-0.25, -0.2) is 4.79 Å². The van der Waals surface area contributed by atoms with Gasteiger partial charge in [0, 0.05) is 26.3 Å². The third-order valence-corrected chi connectivity index (χ3v) is 3.95. The van der Waals surface area contributed by atoms with Gasteiger partial charge in [0.1, 0.15) is 5.60 Å². The van der Waals surface area contributed by atoms with Crippen LogP contribution in [0.15, 0.2) is 23.3 Å². The largest absolute Gasteiger partial charge is 0.444 e. The standard InChI is InChI=1S/C18H29N5O2/c1-13-7-6-9-20-15(13)11-21-16(19-5)23-10-8-14(12-23)22-17(24)25-18(2,3)4/h6-7,9,14H,8,10-12H2,1-5H3,(H,19,21)(H,22,24). The molecule has 0 saturated carbocycles. The number of carbonyl (C=O) groups is 1. The summed E-state index contributed by atoms with van der Waals surface area (Å²) in [5.74, 6) is 0.818. The fraction of sp³-hybridized carbons (Fsp3) is 0.611. The van der Waals surface area contributed by atoms with E-state index in [-0.39, 0.29) is 12.1 Å². The Kier molecular flexibility index (Phi) is 6.22. The molecule has 7 nitrogen and oxygen atoms in total. The van der Waals surface area contributed by atoms with Crippen LogP contribution in [0, 0.1) is 6.92 Å². The molecule has 0 radical (unpaired) electrons. The Morgan fingerprint density at radius 3 is 2.88 bits per heavy atom. The van der Waals surface area contributed by atoms with E-state index in [0.29, 0.717) is 13.1 Å². The molecule has 1 unspecified atom stereocenters. The molecule has 0 bridgehead atoms. The van der Waals surface area contributed by atoms with E-state index in [4.69, 9.17) is 4.74 Å². The second kappa shape index (κ2) is 8.18. The van der Waals surface area contributed by atoms with E-state index in [2.05, 4.69) is 25.5 Å². The predicted molar refractivity (Wildman–Crippen MR) is 98.5 cm³/mol. The normalized spacial score (nSPS) is 18.2. The number of nitrogens with zero attached hydrogens (tertiary/aromatic N) is 3. The van der Waals surface area contributed by atoms with Crippen LogP contribution < -0.4 is 10.6 Å². The molecule has 138 valence electrons. The van der Waals surface area contributed by atoms with Crippen molar-refractivity contribution in [3.8, 4) is 0 Å². The molecule has 1 aromatic rings. The third-order valence-electron chi connectivity index (χ3n) is 3.95. The summed E-state index contributed by atoms with van der Waals surface area (Å²) in [7, 11) is 1.77. The number of rotatable bonds is 3. The number of aromatic nitrogens is 1. The van der Waals surface area contributed by atoms with Crippen LogP contribution in [0.1, 0.15) is 38.4 Å². The molecule has 25 heavy (non-hydrogen) atoms. The molecule has 1 aromatic heterocycles. The maximum Gasteiger partial charge on any atom is 0.407 e. The summed E-state index contributed by atoms with van der Waals surface area (Å²) in [6.07, 6.45) is 2.29. The molecule has 0 aromatic carbocycles. The van der Waals surface area contributed by atoms with Crippen molar-refractivity contribution in [2.75, 3.05) is 20.1 Å². The Morgan fingerprint density at radius 1 is 1.48 bits per heavy atom. The summed E-state index contributed by atoms with van der Waals surface area (Å²) in [6.45, 7) is 9.79. The second-order valence-electron chi connectivity index (χ2n) is 7.25. The van der Waals surface area contributed by atoms with Crippen LogP contribution in [0.2, 0.25) is 0 Å². The zero-order chi connectivity index (χ0) is 18.4. The molecule has 2 heterocycles. The maximum atomic E-state index is 11.9. The summed E-state index contributed by atoms with van der Waals surface area (Å²) in [6, 6.07) is 4.04. The van der Waals surface area contributed by atoms with Gasteiger partial charge in [0.2, 0.25) is 0 Å². The quantitative estimate of drug-likeness (QED) is 0.646. The molecule has 0 aliphatic carbocycles. The van der Waals surface area contributed by atoms with E-state index >= 15 is 0 Å². The Morgan fingerprint density at radius 2 is 2.24 bits per heavy atom. The van der Waals surface area contributed by atoms with Crippen molar-refractivity contribution in [3.63, 3.8) is 0 Å².